The Kier molecular flexibility index (Phi) is 5.92. The summed E-state index contributed by atoms with van der Waals surface area (Å²) in [4.78, 5) is 13.9. The predicted octanol–water partition coefficient (Wildman–Crippen LogP) is 5.29. The number of aryl methyl sites for hydroxylation is 1. The van der Waals surface area contributed by atoms with Crippen LogP contribution >= 0.6 is 22.9 Å². The highest BCUT2D eigenvalue weighted by molar-refractivity contribution is 7.20. The largest absolute Gasteiger partial charge is 0.497 e. The Bertz CT molecular complexity index is 1170. The van der Waals surface area contributed by atoms with Gasteiger partial charge in [0, 0.05) is 10.4 Å². The Morgan fingerprint density at radius 2 is 1.77 bits per heavy atom. The molecule has 30 heavy (non-hydrogen) atoms. The third-order valence-corrected chi connectivity index (χ3v) is 5.80. The molecule has 0 N–H and O–H groups in total. The standard InChI is InChI=1S/C22H19ClN2O4S/c1-14-19-13-20(30-21(19)25(24-14)16-5-3-15(23)4-6-16)22(26)29-12-11-28-18-9-7-17(27-2)8-10-18/h3-10,13H,11-12H2,1-2H3. The summed E-state index contributed by atoms with van der Waals surface area (Å²) in [5.41, 5.74) is 1.73. The van der Waals surface area contributed by atoms with Crippen LogP contribution in [0.4, 0.5) is 0 Å². The van der Waals surface area contributed by atoms with E-state index < -0.39 is 0 Å². The molecule has 2 heterocycles. The van der Waals surface area contributed by atoms with Gasteiger partial charge in [-0.25, -0.2) is 9.48 Å². The molecule has 0 aliphatic carbocycles. The number of nitrogens with zero attached hydrogens (tertiary/aromatic N) is 2. The summed E-state index contributed by atoms with van der Waals surface area (Å²) in [6, 6.07) is 16.5. The van der Waals surface area contributed by atoms with Crippen molar-refractivity contribution in [2.45, 2.75) is 6.92 Å². The summed E-state index contributed by atoms with van der Waals surface area (Å²) in [6.45, 7) is 2.33. The lowest BCUT2D eigenvalue weighted by atomic mass is 10.3. The van der Waals surface area contributed by atoms with E-state index in [2.05, 4.69) is 5.10 Å². The molecule has 0 fully saturated rings. The van der Waals surface area contributed by atoms with E-state index in [9.17, 15) is 4.79 Å². The Hall–Kier alpha value is -3.03. The summed E-state index contributed by atoms with van der Waals surface area (Å²) in [6.07, 6.45) is 0. The van der Waals surface area contributed by atoms with Crippen LogP contribution in [0.2, 0.25) is 5.02 Å². The second-order valence-electron chi connectivity index (χ2n) is 6.46. The number of esters is 1. The van der Waals surface area contributed by atoms with Gasteiger partial charge in [-0.1, -0.05) is 11.6 Å². The summed E-state index contributed by atoms with van der Waals surface area (Å²) in [5, 5.41) is 6.16. The van der Waals surface area contributed by atoms with Crippen molar-refractivity contribution in [3.63, 3.8) is 0 Å². The van der Waals surface area contributed by atoms with Crippen LogP contribution in [0.3, 0.4) is 0 Å². The maximum Gasteiger partial charge on any atom is 0.348 e. The van der Waals surface area contributed by atoms with Gasteiger partial charge in [0.05, 0.1) is 18.5 Å². The summed E-state index contributed by atoms with van der Waals surface area (Å²) in [5.74, 6) is 1.06. The zero-order chi connectivity index (χ0) is 21.1. The third-order valence-electron chi connectivity index (χ3n) is 4.46. The van der Waals surface area contributed by atoms with E-state index in [1.165, 1.54) is 11.3 Å². The summed E-state index contributed by atoms with van der Waals surface area (Å²) >= 11 is 7.33. The first-order valence-electron chi connectivity index (χ1n) is 9.24. The van der Waals surface area contributed by atoms with Gasteiger partial charge in [0.1, 0.15) is 34.4 Å². The van der Waals surface area contributed by atoms with Gasteiger partial charge in [-0.15, -0.1) is 11.3 Å². The average Bonchev–Trinajstić information content (AvgIpc) is 3.33. The fourth-order valence-electron chi connectivity index (χ4n) is 2.94. The lowest BCUT2D eigenvalue weighted by molar-refractivity contribution is 0.0456. The van der Waals surface area contributed by atoms with Crippen molar-refractivity contribution in [1.82, 2.24) is 9.78 Å². The SMILES string of the molecule is COc1ccc(OCCOC(=O)c2cc3c(C)nn(-c4ccc(Cl)cc4)c3s2)cc1. The Labute approximate surface area is 182 Å². The van der Waals surface area contributed by atoms with Crippen LogP contribution in [0, 0.1) is 6.92 Å². The molecule has 0 saturated heterocycles. The first-order chi connectivity index (χ1) is 14.5. The molecule has 154 valence electrons. The molecular formula is C22H19ClN2O4S. The smallest absolute Gasteiger partial charge is 0.348 e. The molecular weight excluding hydrogens is 424 g/mol. The molecule has 0 unspecified atom stereocenters. The van der Waals surface area contributed by atoms with E-state index in [1.54, 1.807) is 19.2 Å². The Morgan fingerprint density at radius 1 is 1.07 bits per heavy atom. The molecule has 0 atom stereocenters. The van der Waals surface area contributed by atoms with Gasteiger partial charge in [-0.2, -0.15) is 5.10 Å². The van der Waals surface area contributed by atoms with Gasteiger partial charge in [0.25, 0.3) is 0 Å². The Morgan fingerprint density at radius 3 is 2.47 bits per heavy atom. The number of rotatable bonds is 7. The van der Waals surface area contributed by atoms with Crippen molar-refractivity contribution in [2.24, 2.45) is 0 Å². The number of thiophene rings is 1. The zero-order valence-corrected chi connectivity index (χ0v) is 18.0. The number of ether oxygens (including phenoxy) is 3. The number of hydrogen-bond acceptors (Lipinski definition) is 6. The van der Waals surface area contributed by atoms with E-state index >= 15 is 0 Å². The van der Waals surface area contributed by atoms with Gasteiger partial charge in [-0.3, -0.25) is 0 Å². The van der Waals surface area contributed by atoms with Crippen LogP contribution < -0.4 is 9.47 Å². The van der Waals surface area contributed by atoms with E-state index in [0.717, 1.165) is 27.3 Å². The number of fused-ring (bicyclic) bond motifs is 1. The van der Waals surface area contributed by atoms with Crippen LogP contribution in [-0.4, -0.2) is 36.1 Å². The number of methoxy groups -OCH3 is 1. The van der Waals surface area contributed by atoms with Crippen LogP contribution in [0.15, 0.2) is 54.6 Å². The molecule has 8 heteroatoms. The van der Waals surface area contributed by atoms with Crippen LogP contribution in [-0.2, 0) is 4.74 Å². The first kappa shape index (κ1) is 20.3. The molecule has 0 aliphatic rings. The molecule has 0 radical (unpaired) electrons. The minimum Gasteiger partial charge on any atom is -0.497 e. The molecule has 0 bridgehead atoms. The number of benzene rings is 2. The van der Waals surface area contributed by atoms with Gasteiger partial charge in [0.2, 0.25) is 0 Å². The van der Waals surface area contributed by atoms with Gasteiger partial charge < -0.3 is 14.2 Å². The van der Waals surface area contributed by atoms with Gasteiger partial charge in [0.15, 0.2) is 0 Å². The van der Waals surface area contributed by atoms with E-state index in [1.807, 2.05) is 54.1 Å². The number of carbonyl (C=O) groups is 1. The molecule has 0 saturated carbocycles. The molecule has 6 nitrogen and oxygen atoms in total. The molecule has 4 rings (SSSR count). The number of aromatic nitrogens is 2. The molecule has 2 aromatic heterocycles. The van der Waals surface area contributed by atoms with Crippen molar-refractivity contribution < 1.29 is 19.0 Å². The van der Waals surface area contributed by atoms with Gasteiger partial charge >= 0.3 is 5.97 Å². The van der Waals surface area contributed by atoms with Crippen molar-refractivity contribution in [2.75, 3.05) is 20.3 Å². The topological polar surface area (TPSA) is 62.6 Å². The monoisotopic (exact) mass is 442 g/mol. The Balaban J connectivity index is 1.41. The van der Waals surface area contributed by atoms with Crippen molar-refractivity contribution in [1.29, 1.82) is 0 Å². The highest BCUT2D eigenvalue weighted by Crippen LogP contribution is 2.31. The zero-order valence-electron chi connectivity index (χ0n) is 16.4. The lowest BCUT2D eigenvalue weighted by Gasteiger charge is -2.07. The molecule has 4 aromatic rings. The van der Waals surface area contributed by atoms with Crippen molar-refractivity contribution >= 4 is 39.1 Å². The van der Waals surface area contributed by atoms with Crippen molar-refractivity contribution in [3.8, 4) is 17.2 Å². The predicted molar refractivity (Wildman–Crippen MR) is 117 cm³/mol. The maximum absolute atomic E-state index is 12.5. The highest BCUT2D eigenvalue weighted by atomic mass is 35.5. The van der Waals surface area contributed by atoms with Gasteiger partial charge in [-0.05, 0) is 61.5 Å². The minimum absolute atomic E-state index is 0.154. The number of hydrogen-bond donors (Lipinski definition) is 0. The summed E-state index contributed by atoms with van der Waals surface area (Å²) in [7, 11) is 1.61. The minimum atomic E-state index is -0.378. The molecule has 0 aliphatic heterocycles. The fraction of sp³-hybridized carbons (Fsp3) is 0.182. The fourth-order valence-corrected chi connectivity index (χ4v) is 4.14. The van der Waals surface area contributed by atoms with E-state index in [0.29, 0.717) is 15.6 Å². The second-order valence-corrected chi connectivity index (χ2v) is 7.93. The second kappa shape index (κ2) is 8.77. The molecule has 2 aromatic carbocycles. The number of halogens is 1. The number of carbonyl (C=O) groups excluding carboxylic acids is 1. The van der Waals surface area contributed by atoms with Crippen LogP contribution in [0.1, 0.15) is 15.4 Å². The van der Waals surface area contributed by atoms with Crippen molar-refractivity contribution in [3.05, 3.63) is 70.2 Å². The quantitative estimate of drug-likeness (QED) is 0.287. The lowest BCUT2D eigenvalue weighted by Crippen LogP contribution is -2.11. The van der Waals surface area contributed by atoms with E-state index in [4.69, 9.17) is 25.8 Å². The maximum atomic E-state index is 12.5. The normalized spacial score (nSPS) is 10.9. The first-order valence-corrected chi connectivity index (χ1v) is 10.4. The summed E-state index contributed by atoms with van der Waals surface area (Å²) < 4.78 is 17.9. The van der Waals surface area contributed by atoms with Crippen LogP contribution in [0.25, 0.3) is 15.9 Å². The average molecular weight is 443 g/mol. The third kappa shape index (κ3) is 4.27. The molecule has 0 amide bonds. The van der Waals surface area contributed by atoms with E-state index in [-0.39, 0.29) is 19.2 Å². The highest BCUT2D eigenvalue weighted by Gasteiger charge is 2.18. The van der Waals surface area contributed by atoms with Crippen LogP contribution in [0.5, 0.6) is 11.5 Å². The molecule has 0 spiro atoms.